The Bertz CT molecular complexity index is 785. The summed E-state index contributed by atoms with van der Waals surface area (Å²) < 4.78 is 15.3. The minimum Gasteiger partial charge on any atom is -0.305 e. The number of carbonyl (C=O) groups excluding carboxylic acids is 1. The Balaban J connectivity index is 1.86. The van der Waals surface area contributed by atoms with E-state index in [0.29, 0.717) is 11.5 Å². The summed E-state index contributed by atoms with van der Waals surface area (Å²) in [4.78, 5) is 20.2. The van der Waals surface area contributed by atoms with E-state index in [1.54, 1.807) is 18.3 Å². The topological polar surface area (TPSA) is 59.3 Å². The first-order valence-electron chi connectivity index (χ1n) is 5.69. The third-order valence-electron chi connectivity index (χ3n) is 2.62. The summed E-state index contributed by atoms with van der Waals surface area (Å²) in [5, 5.41) is 2.62. The highest BCUT2D eigenvalue weighted by Crippen LogP contribution is 2.12. The first-order valence-corrected chi connectivity index (χ1v) is 6.48. The summed E-state index contributed by atoms with van der Waals surface area (Å²) in [5.41, 5.74) is 0.695. The van der Waals surface area contributed by atoms with Crippen LogP contribution in [0.3, 0.4) is 0 Å². The molecule has 3 aromatic rings. The molecule has 0 aliphatic carbocycles. The first-order chi connectivity index (χ1) is 9.61. The summed E-state index contributed by atoms with van der Waals surface area (Å²) in [6, 6.07) is 6.23. The number of fused-ring (bicyclic) bond motifs is 1. The number of amides is 1. The number of pyridine rings is 2. The Kier molecular flexibility index (Phi) is 3.19. The molecule has 0 atom stereocenters. The van der Waals surface area contributed by atoms with Crippen molar-refractivity contribution in [2.45, 2.75) is 0 Å². The van der Waals surface area contributed by atoms with Crippen molar-refractivity contribution in [3.8, 4) is 0 Å². The van der Waals surface area contributed by atoms with Gasteiger partial charge in [0.05, 0.1) is 0 Å². The molecule has 3 rings (SSSR count). The van der Waals surface area contributed by atoms with E-state index in [-0.39, 0.29) is 5.69 Å². The van der Waals surface area contributed by atoms with Crippen LogP contribution in [0, 0.1) is 5.82 Å². The average molecular weight is 335 g/mol. The average Bonchev–Trinajstić information content (AvgIpc) is 2.84. The molecule has 0 aliphatic rings. The molecule has 3 heterocycles. The van der Waals surface area contributed by atoms with Crippen LogP contribution in [-0.2, 0) is 0 Å². The lowest BCUT2D eigenvalue weighted by Gasteiger charge is -2.01. The van der Waals surface area contributed by atoms with Gasteiger partial charge < -0.3 is 9.72 Å². The molecule has 3 aromatic heterocycles. The quantitative estimate of drug-likeness (QED) is 0.783. The molecule has 0 radical (unpaired) electrons. The van der Waals surface area contributed by atoms with E-state index < -0.39 is 11.7 Å². The normalized spacial score (nSPS) is 10.7. The summed E-state index contributed by atoms with van der Waals surface area (Å²) >= 11 is 3.26. The van der Waals surface area contributed by atoms with E-state index >= 15 is 0 Å². The molecule has 0 bridgehead atoms. The number of hydrogen-bond acceptors (Lipinski definition) is 3. The minimum atomic E-state index is -0.399. The summed E-state index contributed by atoms with van der Waals surface area (Å²) in [7, 11) is 0. The van der Waals surface area contributed by atoms with Gasteiger partial charge in [0.15, 0.2) is 0 Å². The maximum atomic E-state index is 13.1. The third kappa shape index (κ3) is 2.53. The molecule has 0 aromatic carbocycles. The fourth-order valence-electron chi connectivity index (χ4n) is 1.70. The van der Waals surface area contributed by atoms with E-state index in [9.17, 15) is 9.18 Å². The second-order valence-corrected chi connectivity index (χ2v) is 4.97. The smallest absolute Gasteiger partial charge is 0.277 e. The molecule has 7 heteroatoms. The number of anilines is 1. The lowest BCUT2D eigenvalue weighted by molar-refractivity contribution is 0.102. The molecule has 5 nitrogen and oxygen atoms in total. The van der Waals surface area contributed by atoms with Crippen molar-refractivity contribution in [2.75, 3.05) is 5.32 Å². The van der Waals surface area contributed by atoms with E-state index in [2.05, 4.69) is 31.2 Å². The van der Waals surface area contributed by atoms with Crippen molar-refractivity contribution < 1.29 is 9.18 Å². The van der Waals surface area contributed by atoms with Gasteiger partial charge >= 0.3 is 0 Å². The van der Waals surface area contributed by atoms with E-state index in [0.717, 1.165) is 4.47 Å². The van der Waals surface area contributed by atoms with Crippen LogP contribution in [0.25, 0.3) is 5.65 Å². The molecule has 20 heavy (non-hydrogen) atoms. The SMILES string of the molecule is O=C(Nc1ccc(Br)cn1)c1cn2cc(F)ccc2n1. The zero-order chi connectivity index (χ0) is 14.1. The van der Waals surface area contributed by atoms with Gasteiger partial charge in [-0.3, -0.25) is 4.79 Å². The summed E-state index contributed by atoms with van der Waals surface area (Å²) in [6.07, 6.45) is 4.30. The number of nitrogens with zero attached hydrogens (tertiary/aromatic N) is 3. The molecule has 0 spiro atoms. The molecule has 0 unspecified atom stereocenters. The lowest BCUT2D eigenvalue weighted by atomic mass is 10.4. The number of halogens is 2. The molecular formula is C13H8BrFN4O. The number of hydrogen-bond donors (Lipinski definition) is 1. The number of imidazole rings is 1. The zero-order valence-corrected chi connectivity index (χ0v) is 11.6. The highest BCUT2D eigenvalue weighted by molar-refractivity contribution is 9.10. The standard InChI is InChI=1S/C13H8BrFN4O/c14-8-1-3-11(16-5-8)18-13(20)10-7-19-6-9(15)2-4-12(19)17-10/h1-7H,(H,16,18,20). The van der Waals surface area contributed by atoms with Gasteiger partial charge in [-0.2, -0.15) is 0 Å². The predicted molar refractivity (Wildman–Crippen MR) is 75.0 cm³/mol. The van der Waals surface area contributed by atoms with Crippen LogP contribution in [0.4, 0.5) is 10.2 Å². The van der Waals surface area contributed by atoms with Gasteiger partial charge in [-0.05, 0) is 40.2 Å². The first kappa shape index (κ1) is 12.7. The molecule has 1 N–H and O–H groups in total. The Hall–Kier alpha value is -2.28. The van der Waals surface area contributed by atoms with Crippen molar-refractivity contribution in [2.24, 2.45) is 0 Å². The van der Waals surface area contributed by atoms with Crippen molar-refractivity contribution in [3.05, 3.63) is 58.8 Å². The monoisotopic (exact) mass is 334 g/mol. The van der Waals surface area contributed by atoms with Crippen LogP contribution in [0.15, 0.2) is 47.3 Å². The van der Waals surface area contributed by atoms with Crippen molar-refractivity contribution >= 4 is 33.3 Å². The van der Waals surface area contributed by atoms with Crippen LogP contribution in [-0.4, -0.2) is 20.3 Å². The third-order valence-corrected chi connectivity index (χ3v) is 3.09. The number of aromatic nitrogens is 3. The van der Waals surface area contributed by atoms with Crippen LogP contribution in [0.1, 0.15) is 10.5 Å². The number of rotatable bonds is 2. The maximum absolute atomic E-state index is 13.1. The molecule has 0 aliphatic heterocycles. The summed E-state index contributed by atoms with van der Waals surface area (Å²) in [6.45, 7) is 0. The van der Waals surface area contributed by atoms with Gasteiger partial charge in [0.1, 0.15) is 23.0 Å². The van der Waals surface area contributed by atoms with Crippen molar-refractivity contribution in [3.63, 3.8) is 0 Å². The highest BCUT2D eigenvalue weighted by Gasteiger charge is 2.11. The Morgan fingerprint density at radius 2 is 2.10 bits per heavy atom. The second-order valence-electron chi connectivity index (χ2n) is 4.05. The van der Waals surface area contributed by atoms with E-state index in [1.807, 2.05) is 0 Å². The van der Waals surface area contributed by atoms with Gasteiger partial charge in [-0.25, -0.2) is 14.4 Å². The van der Waals surface area contributed by atoms with Crippen LogP contribution < -0.4 is 5.32 Å². The lowest BCUT2D eigenvalue weighted by Crippen LogP contribution is -2.13. The predicted octanol–water partition coefficient (Wildman–Crippen LogP) is 2.88. The van der Waals surface area contributed by atoms with Crippen LogP contribution in [0.2, 0.25) is 0 Å². The van der Waals surface area contributed by atoms with Crippen molar-refractivity contribution in [1.82, 2.24) is 14.4 Å². The number of carbonyl (C=O) groups is 1. The van der Waals surface area contributed by atoms with E-state index in [4.69, 9.17) is 0 Å². The largest absolute Gasteiger partial charge is 0.305 e. The Morgan fingerprint density at radius 3 is 2.85 bits per heavy atom. The summed E-state index contributed by atoms with van der Waals surface area (Å²) in [5.74, 6) is -0.373. The molecular weight excluding hydrogens is 327 g/mol. The molecule has 100 valence electrons. The molecule has 1 amide bonds. The van der Waals surface area contributed by atoms with Gasteiger partial charge in [0.25, 0.3) is 5.91 Å². The fraction of sp³-hybridized carbons (Fsp3) is 0. The van der Waals surface area contributed by atoms with Gasteiger partial charge in [-0.1, -0.05) is 0 Å². The minimum absolute atomic E-state index is 0.195. The second kappa shape index (κ2) is 5.01. The maximum Gasteiger partial charge on any atom is 0.277 e. The van der Waals surface area contributed by atoms with Gasteiger partial charge in [0.2, 0.25) is 0 Å². The van der Waals surface area contributed by atoms with Crippen LogP contribution >= 0.6 is 15.9 Å². The van der Waals surface area contributed by atoms with E-state index in [1.165, 1.54) is 28.9 Å². The Morgan fingerprint density at radius 1 is 1.25 bits per heavy atom. The van der Waals surface area contributed by atoms with Gasteiger partial charge in [0, 0.05) is 23.1 Å². The molecule has 0 saturated heterocycles. The van der Waals surface area contributed by atoms with Crippen LogP contribution in [0.5, 0.6) is 0 Å². The zero-order valence-electron chi connectivity index (χ0n) is 10.0. The molecule has 0 fully saturated rings. The van der Waals surface area contributed by atoms with Gasteiger partial charge in [-0.15, -0.1) is 0 Å². The fourth-order valence-corrected chi connectivity index (χ4v) is 1.94. The number of nitrogens with one attached hydrogen (secondary N) is 1. The highest BCUT2D eigenvalue weighted by atomic mass is 79.9. The Labute approximate surface area is 121 Å². The molecule has 0 saturated carbocycles. The van der Waals surface area contributed by atoms with Crippen molar-refractivity contribution in [1.29, 1.82) is 0 Å².